The highest BCUT2D eigenvalue weighted by Crippen LogP contribution is 2.26. The lowest BCUT2D eigenvalue weighted by molar-refractivity contribution is 0.255. The number of rotatable bonds is 12. The predicted octanol–water partition coefficient (Wildman–Crippen LogP) is 5.03. The molecular weight excluding hydrogens is 408 g/mol. The number of benzene rings is 2. The van der Waals surface area contributed by atoms with Crippen molar-refractivity contribution in [2.75, 3.05) is 7.11 Å². The quantitative estimate of drug-likeness (QED) is 0.433. The van der Waals surface area contributed by atoms with Gasteiger partial charge in [-0.1, -0.05) is 68.5 Å². The molecule has 0 bridgehead atoms. The Morgan fingerprint density at radius 2 is 1.42 bits per heavy atom. The fourth-order valence-corrected chi connectivity index (χ4v) is 5.46. The van der Waals surface area contributed by atoms with Gasteiger partial charge in [0.2, 0.25) is 0 Å². The molecule has 0 aliphatic heterocycles. The van der Waals surface area contributed by atoms with Crippen LogP contribution in [0.25, 0.3) is 0 Å². The van der Waals surface area contributed by atoms with E-state index >= 15 is 0 Å². The Labute approximate surface area is 187 Å². The maximum atomic E-state index is 14.0. The van der Waals surface area contributed by atoms with Crippen LogP contribution >= 0.6 is 0 Å². The summed E-state index contributed by atoms with van der Waals surface area (Å²) in [5.74, 6) is 0.796. The smallest absolute Gasteiger partial charge is 0.283 e. The van der Waals surface area contributed by atoms with Crippen LogP contribution in [0.1, 0.15) is 31.9 Å². The van der Waals surface area contributed by atoms with Crippen LogP contribution in [-0.2, 0) is 23.3 Å². The molecule has 0 fully saturated rings. The Kier molecular flexibility index (Phi) is 9.04. The van der Waals surface area contributed by atoms with Gasteiger partial charge in [-0.2, -0.15) is 17.0 Å². The molecule has 0 saturated carbocycles. The summed E-state index contributed by atoms with van der Waals surface area (Å²) in [6.07, 6.45) is 3.37. The minimum absolute atomic E-state index is 0.0675. The summed E-state index contributed by atoms with van der Waals surface area (Å²) in [5, 5.41) is 0. The second-order valence-electron chi connectivity index (χ2n) is 7.88. The van der Waals surface area contributed by atoms with Crippen molar-refractivity contribution in [1.82, 2.24) is 8.61 Å². The lowest BCUT2D eigenvalue weighted by Gasteiger charge is -2.37. The van der Waals surface area contributed by atoms with Gasteiger partial charge >= 0.3 is 0 Å². The zero-order valence-corrected chi connectivity index (χ0v) is 19.8. The molecule has 0 aromatic heterocycles. The van der Waals surface area contributed by atoms with Crippen LogP contribution < -0.4 is 4.74 Å². The molecule has 2 aromatic carbocycles. The van der Waals surface area contributed by atoms with Crippen LogP contribution in [0.5, 0.6) is 5.75 Å². The number of hydrogen-bond donors (Lipinski definition) is 0. The third-order valence-corrected chi connectivity index (χ3v) is 7.34. The summed E-state index contributed by atoms with van der Waals surface area (Å²) < 4.78 is 36.3. The summed E-state index contributed by atoms with van der Waals surface area (Å²) in [7, 11) is -2.24. The second kappa shape index (κ2) is 11.3. The third kappa shape index (κ3) is 6.29. The van der Waals surface area contributed by atoms with Gasteiger partial charge in [0.15, 0.2) is 0 Å². The van der Waals surface area contributed by atoms with Crippen molar-refractivity contribution >= 4 is 10.2 Å². The highest BCUT2D eigenvalue weighted by Gasteiger charge is 2.37. The number of ether oxygens (including phenoxy) is 1. The largest absolute Gasteiger partial charge is 0.497 e. The van der Waals surface area contributed by atoms with Crippen LogP contribution in [0.2, 0.25) is 0 Å². The summed E-state index contributed by atoms with van der Waals surface area (Å²) in [6, 6.07) is 16.3. The zero-order valence-electron chi connectivity index (χ0n) is 18.9. The lowest BCUT2D eigenvalue weighted by Crippen LogP contribution is -2.51. The molecule has 168 valence electrons. The summed E-state index contributed by atoms with van der Waals surface area (Å²) in [4.78, 5) is 0. The molecule has 2 atom stereocenters. The van der Waals surface area contributed by atoms with E-state index in [1.165, 1.54) is 4.31 Å². The molecule has 0 spiro atoms. The summed E-state index contributed by atoms with van der Waals surface area (Å²) in [6.45, 7) is 14.1. The minimum atomic E-state index is -3.85. The second-order valence-corrected chi connectivity index (χ2v) is 9.71. The van der Waals surface area contributed by atoms with E-state index in [1.54, 1.807) is 23.6 Å². The lowest BCUT2D eigenvalue weighted by atomic mass is 10.0. The first-order chi connectivity index (χ1) is 14.7. The molecule has 0 aliphatic carbocycles. The van der Waals surface area contributed by atoms with E-state index in [2.05, 4.69) is 13.2 Å². The van der Waals surface area contributed by atoms with Crippen molar-refractivity contribution in [3.05, 3.63) is 91.0 Å². The number of methoxy groups -OCH3 is 1. The van der Waals surface area contributed by atoms with Crippen molar-refractivity contribution in [3.63, 3.8) is 0 Å². The standard InChI is InChI=1S/C25H34N2O3S/c1-7-21(5)26(18-23-14-16-24(30-6)17-15-23)31(28,29)27(25(8-2)20(3)4)19-22-12-10-9-11-13-22/h7-17,20-21,25H,1-2,18-19H2,3-6H3/t21-,25-/m1/s1. The average Bonchev–Trinajstić information content (AvgIpc) is 2.77. The molecule has 0 N–H and O–H groups in total. The monoisotopic (exact) mass is 442 g/mol. The molecule has 2 aromatic rings. The van der Waals surface area contributed by atoms with E-state index in [9.17, 15) is 8.42 Å². The van der Waals surface area contributed by atoms with Gasteiger partial charge in [-0.15, -0.1) is 13.2 Å². The topological polar surface area (TPSA) is 49.9 Å². The van der Waals surface area contributed by atoms with Gasteiger partial charge < -0.3 is 4.74 Å². The summed E-state index contributed by atoms with van der Waals surface area (Å²) in [5.41, 5.74) is 1.80. The van der Waals surface area contributed by atoms with E-state index in [0.29, 0.717) is 0 Å². The maximum absolute atomic E-state index is 14.0. The third-order valence-electron chi connectivity index (χ3n) is 5.32. The Morgan fingerprint density at radius 1 is 0.871 bits per heavy atom. The van der Waals surface area contributed by atoms with Crippen molar-refractivity contribution in [2.24, 2.45) is 5.92 Å². The van der Waals surface area contributed by atoms with Crippen LogP contribution in [-0.4, -0.2) is 36.2 Å². The van der Waals surface area contributed by atoms with Crippen molar-refractivity contribution in [3.8, 4) is 5.75 Å². The van der Waals surface area contributed by atoms with E-state index in [4.69, 9.17) is 4.74 Å². The highest BCUT2D eigenvalue weighted by molar-refractivity contribution is 7.86. The Bertz CT molecular complexity index is 940. The van der Waals surface area contributed by atoms with Crippen molar-refractivity contribution in [1.29, 1.82) is 0 Å². The van der Waals surface area contributed by atoms with Crippen molar-refractivity contribution < 1.29 is 13.2 Å². The Morgan fingerprint density at radius 3 is 1.90 bits per heavy atom. The van der Waals surface area contributed by atoms with Gasteiger partial charge in [0.05, 0.1) is 7.11 Å². The highest BCUT2D eigenvalue weighted by atomic mass is 32.2. The van der Waals surface area contributed by atoms with E-state index in [-0.39, 0.29) is 31.1 Å². The Balaban J connectivity index is 2.48. The molecule has 0 radical (unpaired) electrons. The van der Waals surface area contributed by atoms with Crippen LogP contribution in [0, 0.1) is 5.92 Å². The van der Waals surface area contributed by atoms with E-state index in [0.717, 1.165) is 16.9 Å². The minimum Gasteiger partial charge on any atom is -0.497 e. The average molecular weight is 443 g/mol. The van der Waals surface area contributed by atoms with Gasteiger partial charge in [-0.25, -0.2) is 0 Å². The molecule has 31 heavy (non-hydrogen) atoms. The molecule has 0 saturated heterocycles. The fourth-order valence-electron chi connectivity index (χ4n) is 3.43. The van der Waals surface area contributed by atoms with Crippen molar-refractivity contribution in [2.45, 2.75) is 45.9 Å². The first-order valence-corrected chi connectivity index (χ1v) is 11.8. The molecule has 2 rings (SSSR count). The zero-order chi connectivity index (χ0) is 23.0. The fraction of sp³-hybridized carbons (Fsp3) is 0.360. The molecule has 5 nitrogen and oxygen atoms in total. The van der Waals surface area contributed by atoms with Crippen LogP contribution in [0.3, 0.4) is 0 Å². The van der Waals surface area contributed by atoms with Crippen LogP contribution in [0.4, 0.5) is 0 Å². The SMILES string of the molecule is C=C[C@@H](C)N(Cc1ccc(OC)cc1)S(=O)(=O)N(Cc1ccccc1)[C@H](C=C)C(C)C. The maximum Gasteiger partial charge on any atom is 0.283 e. The molecule has 0 aliphatic rings. The van der Waals surface area contributed by atoms with E-state index in [1.807, 2.05) is 75.4 Å². The molecule has 0 unspecified atom stereocenters. The number of hydrogen-bond acceptors (Lipinski definition) is 3. The Hall–Kier alpha value is -2.41. The number of nitrogens with zero attached hydrogens (tertiary/aromatic N) is 2. The van der Waals surface area contributed by atoms with Gasteiger partial charge in [0, 0.05) is 25.2 Å². The van der Waals surface area contributed by atoms with Crippen LogP contribution in [0.15, 0.2) is 79.9 Å². The molecule has 0 amide bonds. The molecule has 6 heteroatoms. The normalized spacial score (nSPS) is 13.9. The van der Waals surface area contributed by atoms with Gasteiger partial charge in [0.1, 0.15) is 5.75 Å². The predicted molar refractivity (Wildman–Crippen MR) is 128 cm³/mol. The van der Waals surface area contributed by atoms with Gasteiger partial charge in [-0.05, 0) is 36.1 Å². The van der Waals surface area contributed by atoms with E-state index < -0.39 is 10.2 Å². The van der Waals surface area contributed by atoms with Gasteiger partial charge in [0.25, 0.3) is 10.2 Å². The first-order valence-electron chi connectivity index (χ1n) is 10.4. The first kappa shape index (κ1) is 24.9. The van der Waals surface area contributed by atoms with Gasteiger partial charge in [-0.3, -0.25) is 0 Å². The molecule has 0 heterocycles. The molecular formula is C25H34N2O3S. The summed E-state index contributed by atoms with van der Waals surface area (Å²) >= 11 is 0.